The number of hydrazine groups is 3. The van der Waals surface area contributed by atoms with Gasteiger partial charge in [-0.3, -0.25) is 61.5 Å². The molecule has 3 unspecified atom stereocenters. The van der Waals surface area contributed by atoms with Gasteiger partial charge >= 0.3 is 17.1 Å². The van der Waals surface area contributed by atoms with Crippen LogP contribution in [0.5, 0.6) is 0 Å². The molecule has 4 heterocycles. The van der Waals surface area contributed by atoms with Gasteiger partial charge in [-0.2, -0.15) is 10.2 Å². The molecule has 26 nitrogen and oxygen atoms in total. The van der Waals surface area contributed by atoms with E-state index in [2.05, 4.69) is 183 Å². The van der Waals surface area contributed by atoms with E-state index in [1.54, 1.807) is 26.0 Å². The first-order valence-corrected chi connectivity index (χ1v) is 46.2. The SMILES string of the molecule is C.C.C.C.C.CCO.CCOC(=O)CC1CCCc2ccccc2C1=O.Clc1cc2c(nn1)-c1ccccc1CCC2.NN.NN.NNc1cc2c(nn1)-c1ccccc1CCC2.O.O=C(O)CC1CCCc2ccccc2C1=O.O=C1CC2CCCc3ccccc3C2=NN1.O=C1CCCCc2ccccc21.O=P(Cl)(Cl)Cl.O=c1cc2c(n[nH]1)-c1ccccc1CCC2.[2H-].[Db]. The van der Waals surface area contributed by atoms with Gasteiger partial charge in [-0.25, -0.2) is 16.4 Å². The fraction of sp³-hybridized carbons (Fsp3) is 0.378. The number of rotatable bonds is 6. The number of Topliss-reactive ketones (excluding diaryl/α,β-unsaturated/α-hetero) is 3. The summed E-state index contributed by atoms with van der Waals surface area (Å²) >= 11 is 19.7. The number of benzene rings is 7. The number of nitrogens with zero attached hydrogens (tertiary/aromatic N) is 6. The van der Waals surface area contributed by atoms with Gasteiger partial charge in [-0.15, -0.1) is 20.4 Å². The molecule has 1 amide bonds. The molecular weight excluding hydrogens is 2010 g/mol. The second-order valence-electron chi connectivity index (χ2n) is 29.7. The molecule has 0 spiro atoms. The summed E-state index contributed by atoms with van der Waals surface area (Å²) in [4.78, 5) is 80.7. The van der Waals surface area contributed by atoms with E-state index >= 15 is 0 Å². The summed E-state index contributed by atoms with van der Waals surface area (Å²) in [5.41, 5.74) is 28.6. The van der Waals surface area contributed by atoms with Crippen LogP contribution in [0.25, 0.3) is 33.8 Å². The number of esters is 1. The number of hydrogen-bond donors (Lipinski definition) is 10. The van der Waals surface area contributed by atoms with E-state index in [-0.39, 0.29) is 104 Å². The molecule has 702 valence electrons. The fourth-order valence-electron chi connectivity index (χ4n) is 16.1. The molecule has 18 rings (SSSR count). The number of carboxylic acids is 1. The number of nitrogens with one attached hydrogen (secondary N) is 3. The molecule has 130 heavy (non-hydrogen) atoms. The molecule has 32 heteroatoms. The topological polar surface area (TPSA) is 465 Å². The van der Waals surface area contributed by atoms with E-state index in [0.717, 1.165) is 191 Å². The number of halogens is 4. The standard InChI is InChI=1S/C15H18O3.C13H11ClN2.C13H14N4.C13H14N2O.C13H12N2O.C13H14O3.C11H12O.C2H6O.5CH4.Cl3OP.Db.2H4N2.H2O.H/c1-2-18-14(16)10-12-8-5-7-11-6-3-4-9-13(11)15(12)17;14-12-8-10-6-3-5-9-4-1-2-7-11(9)13(10)16-15-12;14-15-12-8-10-6-3-5-9-4-1-2-7-11(9)13(10)17-16-12;2*16-12-8-10-6-3-5-9-4-1-2-7-11(9)13(10)15-14-12;14-12(15)8-10-6-3-5-9-4-1-2-7-11(9)13(10)16;12-11-8-4-2-6-9-5-1-3-7-10(9)11;1-2-3;;;;;;1-5(2,3)4;;2*1-2;;/h3-4,6,9,12H,2,5,7-8,10H2,1H3;1-2,4,7-8H,3,5-6H2;1-2,4,7-8H,3,5-6,14H2,(H,15,16);1-2,4,7,10H,3,5-6,8H2,(H,14,16);1-2,4,7-8H,3,5-6H2,(H,14,16);1-2,4,7,10H,3,5-6,8H2,(H,14,15);1,3,5,7H,2,4,6,8H2;3H,2H2,1H3;5*1H4;;;2*1-2H2;1H2;/q;;;;;;;;;;;;;;;;;;-1/i;;;;;;;;;;;;;;;;;;1+1. The van der Waals surface area contributed by atoms with Crippen LogP contribution >= 0.6 is 50.5 Å². The van der Waals surface area contributed by atoms with E-state index in [4.69, 9.17) is 32.4 Å². The number of ether oxygens (including phenoxy) is 1. The molecule has 7 aliphatic carbocycles. The molecule has 0 bridgehead atoms. The largest absolute Gasteiger partial charge is 1.00 e. The van der Waals surface area contributed by atoms with Crippen molar-refractivity contribution in [3.8, 4) is 33.8 Å². The van der Waals surface area contributed by atoms with Gasteiger partial charge in [0.25, 0.3) is 5.56 Å². The van der Waals surface area contributed by atoms with Crippen LogP contribution < -0.4 is 45.6 Å². The van der Waals surface area contributed by atoms with Crippen LogP contribution in [0.15, 0.2) is 198 Å². The maximum Gasteiger partial charge on any atom is 0.339 e. The first kappa shape index (κ1) is 117. The number of carboxylic acid groups (broad SMARTS) is 1. The minimum absolute atomic E-state index is 0. The monoisotopic (exact) mass is 2140 g/mol. The molecule has 8 aliphatic rings. The summed E-state index contributed by atoms with van der Waals surface area (Å²) in [6.07, 6.45) is 22.8. The molecule has 0 saturated carbocycles. The number of anilines is 1. The summed E-state index contributed by atoms with van der Waals surface area (Å²) in [6.45, 7) is 4.08. The normalized spacial score (nSPS) is 15.4. The predicted molar refractivity (Wildman–Crippen MR) is 526 cm³/mol. The van der Waals surface area contributed by atoms with E-state index < -0.39 is 11.2 Å². The first-order chi connectivity index (χ1) is 59.6. The Hall–Kier alpha value is -11.4. The second kappa shape index (κ2) is 61.2. The van der Waals surface area contributed by atoms with Gasteiger partial charge in [-0.05, 0) is 250 Å². The van der Waals surface area contributed by atoms with E-state index in [1.807, 2.05) is 97.1 Å². The minimum atomic E-state index is -3.22. The molecular formula is C98H132Cl4DbN14O12P-. The van der Waals surface area contributed by atoms with Crippen molar-refractivity contribution in [2.75, 3.05) is 18.6 Å². The molecule has 1 aliphatic heterocycles. The average Bonchev–Trinajstić information content (AvgIpc) is 1.74. The molecule has 10 aromatic rings. The quantitative estimate of drug-likeness (QED) is 0.0243. The number of nitrogens with two attached hydrogens (primary N) is 5. The minimum Gasteiger partial charge on any atom is -1.00 e. The Bertz CT molecular complexity index is 5340. The fourth-order valence-corrected chi connectivity index (χ4v) is 16.2. The number of aliphatic carboxylic acids is 1. The van der Waals surface area contributed by atoms with Crippen molar-refractivity contribution in [1.82, 2.24) is 36.0 Å². The average molecular weight is 2140 g/mol. The molecule has 3 atom stereocenters. The van der Waals surface area contributed by atoms with E-state index in [9.17, 15) is 38.1 Å². The number of hydrazone groups is 1. The maximum atomic E-state index is 12.4. The summed E-state index contributed by atoms with van der Waals surface area (Å²) in [5.74, 6) is 21.0. The van der Waals surface area contributed by atoms with Gasteiger partial charge in [0.15, 0.2) is 28.3 Å². The molecule has 3 aromatic heterocycles. The van der Waals surface area contributed by atoms with Crippen LogP contribution in [0.2, 0.25) is 5.15 Å². The van der Waals surface area contributed by atoms with Crippen molar-refractivity contribution in [1.29, 1.82) is 0 Å². The zero-order valence-corrected chi connectivity index (χ0v) is 80.9. The maximum absolute atomic E-state index is 12.4. The summed E-state index contributed by atoms with van der Waals surface area (Å²) < 4.78 is 14.4. The third-order valence-electron chi connectivity index (χ3n) is 21.5. The Morgan fingerprint density at radius 2 is 0.823 bits per heavy atom. The van der Waals surface area contributed by atoms with Crippen LogP contribution in [0, 0.1) is 17.8 Å². The van der Waals surface area contributed by atoms with Crippen molar-refractivity contribution >= 4 is 97.2 Å². The number of carbonyl (C=O) groups is 6. The number of aromatic nitrogens is 6. The number of H-pyrrole nitrogens is 1. The number of aromatic amines is 1. The number of fused-ring (bicyclic) bond motifs is 15. The van der Waals surface area contributed by atoms with Gasteiger partial charge in [-0.1, -0.05) is 219 Å². The zero-order chi connectivity index (χ0) is 88.6. The van der Waals surface area contributed by atoms with Crippen LogP contribution in [0.4, 0.5) is 5.82 Å². The van der Waals surface area contributed by atoms with Gasteiger partial charge in [0.2, 0.25) is 5.91 Å². The van der Waals surface area contributed by atoms with Crippen LogP contribution in [0.3, 0.4) is 0 Å². The first-order valence-electron chi connectivity index (χ1n) is 41.4. The number of aliphatic hydroxyl groups excluding tert-OH is 1. The van der Waals surface area contributed by atoms with E-state index in [1.165, 1.54) is 55.6 Å². The number of hydrogen-bond acceptors (Lipinski definition) is 22. The Labute approximate surface area is 781 Å². The number of ketones is 3. The van der Waals surface area contributed by atoms with Crippen LogP contribution in [0.1, 0.15) is 241 Å². The number of aliphatic hydroxyl groups is 1. The molecule has 0 fully saturated rings. The summed E-state index contributed by atoms with van der Waals surface area (Å²) in [5, 5.41) is 41.1. The third kappa shape index (κ3) is 35.5. The summed E-state index contributed by atoms with van der Waals surface area (Å²) in [6, 6.07) is 62.3. The Morgan fingerprint density at radius 3 is 1.28 bits per heavy atom. The second-order valence-corrected chi connectivity index (χ2v) is 36.8. The number of nitrogen functional groups attached to an aromatic ring is 1. The Kier molecular flexibility index (Phi) is 54.9. The molecule has 0 saturated heterocycles. The van der Waals surface area contributed by atoms with Crippen LogP contribution in [-0.2, 0) is 87.9 Å². The summed E-state index contributed by atoms with van der Waals surface area (Å²) in [7, 11) is 0. The van der Waals surface area contributed by atoms with Crippen LogP contribution in [-0.4, -0.2) is 100 Å². The molecule has 17 N–H and O–H groups in total. The van der Waals surface area contributed by atoms with Crippen molar-refractivity contribution < 1.29 is 55.2 Å². The molecule has 0 radical (unpaired) electrons. The van der Waals surface area contributed by atoms with E-state index in [0.29, 0.717) is 47.7 Å². The van der Waals surface area contributed by atoms with Crippen molar-refractivity contribution in [2.24, 2.45) is 52.1 Å². The zero-order valence-electron chi connectivity index (χ0n) is 71.5. The number of aryl methyl sites for hydroxylation is 10. The Balaban J connectivity index is 0.00000146. The predicted octanol–water partition coefficient (Wildman–Crippen LogP) is 19.6. The number of amides is 1. The smallest absolute Gasteiger partial charge is 0.339 e. The van der Waals surface area contributed by atoms with Gasteiger partial charge in [0, 0.05) is 82.2 Å². The molecule has 7 aromatic carbocycles. The van der Waals surface area contributed by atoms with Crippen molar-refractivity contribution in [2.45, 2.75) is 212 Å². The van der Waals surface area contributed by atoms with Gasteiger partial charge in [0.1, 0.15) is 0 Å². The van der Waals surface area contributed by atoms with Gasteiger partial charge < -0.3 is 27.3 Å². The van der Waals surface area contributed by atoms with Crippen molar-refractivity contribution in [3.05, 3.63) is 281 Å². The number of carbonyl (C=O) groups excluding carboxylic acids is 5. The van der Waals surface area contributed by atoms with Gasteiger partial charge in [0.05, 0.1) is 42.2 Å². The third-order valence-corrected chi connectivity index (χ3v) is 21.7. The van der Waals surface area contributed by atoms with Crippen molar-refractivity contribution in [3.63, 3.8) is 0 Å². The Morgan fingerprint density at radius 1 is 0.477 bits per heavy atom.